The van der Waals surface area contributed by atoms with Crippen LogP contribution in [0.4, 0.5) is 0 Å². The largest absolute Gasteiger partial charge is 0.314 e. The van der Waals surface area contributed by atoms with Crippen molar-refractivity contribution in [3.63, 3.8) is 0 Å². The molecule has 3 nitrogen and oxygen atoms in total. The molecule has 0 radical (unpaired) electrons. The Balaban J connectivity index is 1.95. The number of nitrogens with one attached hydrogen (secondary N) is 1. The van der Waals surface area contributed by atoms with Gasteiger partial charge in [-0.3, -0.25) is 9.88 Å². The Labute approximate surface area is 133 Å². The molecule has 0 bridgehead atoms. The van der Waals surface area contributed by atoms with Crippen molar-refractivity contribution in [2.24, 2.45) is 5.92 Å². The summed E-state index contributed by atoms with van der Waals surface area (Å²) in [7, 11) is 0. The van der Waals surface area contributed by atoms with Crippen molar-refractivity contribution < 1.29 is 0 Å². The Kier molecular flexibility index (Phi) is 5.06. The quantitative estimate of drug-likeness (QED) is 0.913. The number of benzene rings is 1. The number of aromatic nitrogens is 1. The van der Waals surface area contributed by atoms with Crippen LogP contribution in [0.25, 0.3) is 10.9 Å². The number of para-hydroxylation sites is 1. The van der Waals surface area contributed by atoms with Crippen molar-refractivity contribution >= 4 is 10.9 Å². The summed E-state index contributed by atoms with van der Waals surface area (Å²) in [5.74, 6) is 0.749. The van der Waals surface area contributed by atoms with E-state index in [-0.39, 0.29) is 0 Å². The number of fused-ring (bicyclic) bond motifs is 1. The van der Waals surface area contributed by atoms with E-state index in [1.807, 2.05) is 6.20 Å². The average molecular weight is 297 g/mol. The van der Waals surface area contributed by atoms with Crippen LogP contribution in [0.15, 0.2) is 36.5 Å². The summed E-state index contributed by atoms with van der Waals surface area (Å²) < 4.78 is 0. The third kappa shape index (κ3) is 3.47. The second-order valence-electron chi connectivity index (χ2n) is 6.69. The lowest BCUT2D eigenvalue weighted by molar-refractivity contribution is 0.161. The molecular formula is C19H27N3. The molecule has 1 aliphatic heterocycles. The summed E-state index contributed by atoms with van der Waals surface area (Å²) in [6.45, 7) is 9.11. The second kappa shape index (κ2) is 7.21. The molecule has 0 aliphatic carbocycles. The van der Waals surface area contributed by atoms with Crippen molar-refractivity contribution in [1.29, 1.82) is 0 Å². The lowest BCUT2D eigenvalue weighted by atomic mass is 9.93. The first-order chi connectivity index (χ1) is 10.8. The van der Waals surface area contributed by atoms with E-state index in [4.69, 9.17) is 0 Å². The number of nitrogens with zero attached hydrogens (tertiary/aromatic N) is 2. The van der Waals surface area contributed by atoms with E-state index in [1.165, 1.54) is 23.8 Å². The maximum Gasteiger partial charge on any atom is 0.0705 e. The van der Waals surface area contributed by atoms with E-state index < -0.39 is 0 Å². The minimum Gasteiger partial charge on any atom is -0.314 e. The van der Waals surface area contributed by atoms with Crippen molar-refractivity contribution in [2.75, 3.05) is 26.2 Å². The van der Waals surface area contributed by atoms with Crippen LogP contribution in [0, 0.1) is 5.92 Å². The molecule has 1 aromatic carbocycles. The molecule has 0 amide bonds. The SMILES string of the molecule is CC(C)CC[C@@H](c1ccnc2ccccc12)N1CCNCC1. The van der Waals surface area contributed by atoms with Gasteiger partial charge in [0.1, 0.15) is 0 Å². The van der Waals surface area contributed by atoms with Gasteiger partial charge in [-0.2, -0.15) is 0 Å². The molecule has 2 aromatic rings. The van der Waals surface area contributed by atoms with Crippen LogP contribution in [0.2, 0.25) is 0 Å². The van der Waals surface area contributed by atoms with Crippen LogP contribution in [-0.4, -0.2) is 36.1 Å². The highest BCUT2D eigenvalue weighted by atomic mass is 15.2. The fourth-order valence-electron chi connectivity index (χ4n) is 3.43. The molecule has 1 aliphatic rings. The normalized spacial score (nSPS) is 18.0. The van der Waals surface area contributed by atoms with E-state index in [1.54, 1.807) is 0 Å². The minimum atomic E-state index is 0.511. The maximum absolute atomic E-state index is 4.53. The van der Waals surface area contributed by atoms with Crippen LogP contribution >= 0.6 is 0 Å². The molecule has 1 aromatic heterocycles. The molecule has 3 heteroatoms. The molecule has 118 valence electrons. The van der Waals surface area contributed by atoms with Crippen LogP contribution in [-0.2, 0) is 0 Å². The number of pyridine rings is 1. The molecule has 1 fully saturated rings. The number of hydrogen-bond acceptors (Lipinski definition) is 3. The Morgan fingerprint density at radius 3 is 2.64 bits per heavy atom. The van der Waals surface area contributed by atoms with E-state index >= 15 is 0 Å². The van der Waals surface area contributed by atoms with Crippen LogP contribution in [0.5, 0.6) is 0 Å². The highest BCUT2D eigenvalue weighted by Gasteiger charge is 2.23. The number of piperazine rings is 1. The lowest BCUT2D eigenvalue weighted by Gasteiger charge is -2.36. The van der Waals surface area contributed by atoms with Gasteiger partial charge in [0.05, 0.1) is 5.52 Å². The van der Waals surface area contributed by atoms with Crippen molar-refractivity contribution in [2.45, 2.75) is 32.7 Å². The van der Waals surface area contributed by atoms with Gasteiger partial charge in [-0.15, -0.1) is 0 Å². The average Bonchev–Trinajstić information content (AvgIpc) is 2.56. The predicted molar refractivity (Wildman–Crippen MR) is 93.0 cm³/mol. The fourth-order valence-corrected chi connectivity index (χ4v) is 3.43. The monoisotopic (exact) mass is 297 g/mol. The Hall–Kier alpha value is -1.45. The molecule has 0 saturated carbocycles. The second-order valence-corrected chi connectivity index (χ2v) is 6.69. The van der Waals surface area contributed by atoms with Crippen molar-refractivity contribution in [3.05, 3.63) is 42.1 Å². The van der Waals surface area contributed by atoms with Gasteiger partial charge in [-0.1, -0.05) is 32.0 Å². The highest BCUT2D eigenvalue weighted by molar-refractivity contribution is 5.82. The molecule has 3 rings (SSSR count). The zero-order valence-electron chi connectivity index (χ0n) is 13.8. The number of hydrogen-bond donors (Lipinski definition) is 1. The topological polar surface area (TPSA) is 28.2 Å². The highest BCUT2D eigenvalue weighted by Crippen LogP contribution is 2.32. The summed E-state index contributed by atoms with van der Waals surface area (Å²) in [5, 5.41) is 4.79. The summed E-state index contributed by atoms with van der Waals surface area (Å²) in [5.41, 5.74) is 2.57. The standard InChI is InChI=1S/C19H27N3/c1-15(2)7-8-19(22-13-11-20-12-14-22)17-9-10-21-18-6-4-3-5-16(17)18/h3-6,9-10,15,19-20H,7-8,11-14H2,1-2H3/t19-/m0/s1. The zero-order chi connectivity index (χ0) is 15.4. The molecule has 1 atom stereocenters. The summed E-state index contributed by atoms with van der Waals surface area (Å²) in [4.78, 5) is 7.19. The van der Waals surface area contributed by atoms with E-state index in [2.05, 4.69) is 59.4 Å². The third-order valence-corrected chi connectivity index (χ3v) is 4.65. The Morgan fingerprint density at radius 1 is 1.09 bits per heavy atom. The fraction of sp³-hybridized carbons (Fsp3) is 0.526. The molecule has 1 N–H and O–H groups in total. The van der Waals surface area contributed by atoms with Gasteiger partial charge in [0.25, 0.3) is 0 Å². The molecule has 0 spiro atoms. The summed E-state index contributed by atoms with van der Waals surface area (Å²) >= 11 is 0. The summed E-state index contributed by atoms with van der Waals surface area (Å²) in [6, 6.07) is 11.3. The molecule has 22 heavy (non-hydrogen) atoms. The minimum absolute atomic E-state index is 0.511. The first-order valence-electron chi connectivity index (χ1n) is 8.54. The predicted octanol–water partition coefficient (Wildman–Crippen LogP) is 3.62. The van der Waals surface area contributed by atoms with Gasteiger partial charge in [-0.05, 0) is 36.5 Å². The van der Waals surface area contributed by atoms with E-state index in [0.717, 1.165) is 37.6 Å². The van der Waals surface area contributed by atoms with Crippen LogP contribution in [0.3, 0.4) is 0 Å². The zero-order valence-corrected chi connectivity index (χ0v) is 13.8. The van der Waals surface area contributed by atoms with Gasteiger partial charge < -0.3 is 5.32 Å². The molecule has 0 unspecified atom stereocenters. The number of rotatable bonds is 5. The Morgan fingerprint density at radius 2 is 1.86 bits per heavy atom. The first kappa shape index (κ1) is 15.4. The van der Waals surface area contributed by atoms with E-state index in [0.29, 0.717) is 6.04 Å². The van der Waals surface area contributed by atoms with Crippen molar-refractivity contribution in [3.8, 4) is 0 Å². The van der Waals surface area contributed by atoms with Gasteiger partial charge in [0.15, 0.2) is 0 Å². The summed E-state index contributed by atoms with van der Waals surface area (Å²) in [6.07, 6.45) is 4.47. The smallest absolute Gasteiger partial charge is 0.0705 e. The van der Waals surface area contributed by atoms with Gasteiger partial charge in [-0.25, -0.2) is 0 Å². The van der Waals surface area contributed by atoms with Gasteiger partial charge in [0.2, 0.25) is 0 Å². The molecular weight excluding hydrogens is 270 g/mol. The van der Waals surface area contributed by atoms with Crippen LogP contribution < -0.4 is 5.32 Å². The Bertz CT molecular complexity index is 597. The van der Waals surface area contributed by atoms with Gasteiger partial charge in [0, 0.05) is 43.8 Å². The van der Waals surface area contributed by atoms with E-state index in [9.17, 15) is 0 Å². The van der Waals surface area contributed by atoms with Crippen molar-refractivity contribution in [1.82, 2.24) is 15.2 Å². The maximum atomic E-state index is 4.53. The van der Waals surface area contributed by atoms with Crippen LogP contribution in [0.1, 0.15) is 38.3 Å². The molecule has 1 saturated heterocycles. The first-order valence-corrected chi connectivity index (χ1v) is 8.54. The lowest BCUT2D eigenvalue weighted by Crippen LogP contribution is -2.45. The third-order valence-electron chi connectivity index (χ3n) is 4.65. The van der Waals surface area contributed by atoms with Gasteiger partial charge >= 0.3 is 0 Å². The molecule has 2 heterocycles.